The summed E-state index contributed by atoms with van der Waals surface area (Å²) in [6.07, 6.45) is 3.29. The van der Waals surface area contributed by atoms with Gasteiger partial charge in [0.15, 0.2) is 0 Å². The maximum atomic E-state index is 12.7. The number of benzene rings is 1. The minimum absolute atomic E-state index is 0.00794. The Bertz CT molecular complexity index is 585. The molecule has 1 unspecified atom stereocenters. The molecule has 2 amide bonds. The number of aryl methyl sites for hydroxylation is 1. The molecular formula is C20H31N3O2. The molecule has 1 aliphatic heterocycles. The fraction of sp³-hybridized carbons (Fsp3) is 0.600. The van der Waals surface area contributed by atoms with Crippen molar-refractivity contribution < 1.29 is 9.59 Å². The molecule has 2 rings (SSSR count). The summed E-state index contributed by atoms with van der Waals surface area (Å²) in [5.74, 6) is -0.128. The van der Waals surface area contributed by atoms with Gasteiger partial charge in [0, 0.05) is 25.2 Å². The lowest BCUT2D eigenvalue weighted by Gasteiger charge is -2.36. The summed E-state index contributed by atoms with van der Waals surface area (Å²) in [6, 6.07) is 7.60. The number of carbonyl (C=O) groups excluding carboxylic acids is 2. The van der Waals surface area contributed by atoms with Crippen molar-refractivity contribution in [1.82, 2.24) is 10.2 Å². The van der Waals surface area contributed by atoms with Crippen molar-refractivity contribution in [2.24, 2.45) is 11.7 Å². The van der Waals surface area contributed by atoms with Crippen LogP contribution in [0.3, 0.4) is 0 Å². The molecule has 1 aromatic rings. The number of hydrogen-bond acceptors (Lipinski definition) is 3. The van der Waals surface area contributed by atoms with Gasteiger partial charge < -0.3 is 16.0 Å². The highest BCUT2D eigenvalue weighted by Gasteiger charge is 2.33. The highest BCUT2D eigenvalue weighted by atomic mass is 16.2. The van der Waals surface area contributed by atoms with E-state index in [2.05, 4.69) is 5.32 Å². The molecule has 1 aliphatic rings. The first kappa shape index (κ1) is 19.4. The molecule has 0 radical (unpaired) electrons. The van der Waals surface area contributed by atoms with Crippen LogP contribution in [0.5, 0.6) is 0 Å². The summed E-state index contributed by atoms with van der Waals surface area (Å²) >= 11 is 0. The van der Waals surface area contributed by atoms with E-state index in [1.807, 2.05) is 45.0 Å². The molecule has 3 N–H and O–H groups in total. The molecule has 0 saturated carbocycles. The van der Waals surface area contributed by atoms with E-state index < -0.39 is 0 Å². The standard InChI is InChI=1S/C20H31N3O2/c1-4-20(5-2,14-21)22-18(24)17-7-6-12-23(13-17)19(25)16-10-8-15(3)9-11-16/h8-11,17H,4-7,12-14,21H2,1-3H3,(H,22,24). The monoisotopic (exact) mass is 345 g/mol. The number of nitrogens with two attached hydrogens (primary N) is 1. The Balaban J connectivity index is 2.03. The van der Waals surface area contributed by atoms with Gasteiger partial charge in [-0.2, -0.15) is 0 Å². The van der Waals surface area contributed by atoms with Crippen LogP contribution in [-0.2, 0) is 4.79 Å². The van der Waals surface area contributed by atoms with E-state index in [1.165, 1.54) is 0 Å². The van der Waals surface area contributed by atoms with E-state index in [-0.39, 0.29) is 23.3 Å². The number of piperidine rings is 1. The Morgan fingerprint density at radius 3 is 2.44 bits per heavy atom. The normalized spacial score (nSPS) is 18.1. The number of carbonyl (C=O) groups is 2. The lowest BCUT2D eigenvalue weighted by Crippen LogP contribution is -2.56. The fourth-order valence-electron chi connectivity index (χ4n) is 3.38. The van der Waals surface area contributed by atoms with Gasteiger partial charge >= 0.3 is 0 Å². The molecule has 5 nitrogen and oxygen atoms in total. The van der Waals surface area contributed by atoms with Crippen molar-refractivity contribution in [3.63, 3.8) is 0 Å². The molecule has 0 aromatic heterocycles. The zero-order valence-corrected chi connectivity index (χ0v) is 15.7. The van der Waals surface area contributed by atoms with Crippen LogP contribution in [0, 0.1) is 12.8 Å². The van der Waals surface area contributed by atoms with E-state index in [9.17, 15) is 9.59 Å². The average Bonchev–Trinajstić information content (AvgIpc) is 2.66. The Kier molecular flexibility index (Phi) is 6.59. The molecule has 0 spiro atoms. The fourth-order valence-corrected chi connectivity index (χ4v) is 3.38. The van der Waals surface area contributed by atoms with Gasteiger partial charge in [0.05, 0.1) is 11.5 Å². The summed E-state index contributed by atoms with van der Waals surface area (Å²) in [5, 5.41) is 3.15. The molecule has 1 saturated heterocycles. The van der Waals surface area contributed by atoms with Gasteiger partial charge in [-0.3, -0.25) is 9.59 Å². The Hall–Kier alpha value is -1.88. The topological polar surface area (TPSA) is 75.4 Å². The minimum Gasteiger partial charge on any atom is -0.349 e. The molecule has 138 valence electrons. The van der Waals surface area contributed by atoms with Crippen molar-refractivity contribution in [2.45, 2.75) is 52.0 Å². The SMILES string of the molecule is CCC(CC)(CN)NC(=O)C1CCCN(C(=O)c2ccc(C)cc2)C1. The summed E-state index contributed by atoms with van der Waals surface area (Å²) in [6.45, 7) is 7.72. The van der Waals surface area contributed by atoms with Crippen molar-refractivity contribution in [3.8, 4) is 0 Å². The molecule has 5 heteroatoms. The molecule has 1 aromatic carbocycles. The first-order chi connectivity index (χ1) is 11.9. The first-order valence-electron chi connectivity index (χ1n) is 9.32. The predicted molar refractivity (Wildman–Crippen MR) is 100 cm³/mol. The van der Waals surface area contributed by atoms with Crippen LogP contribution in [0.4, 0.5) is 0 Å². The molecule has 25 heavy (non-hydrogen) atoms. The molecular weight excluding hydrogens is 314 g/mol. The van der Waals surface area contributed by atoms with Gasteiger partial charge in [0.2, 0.25) is 5.91 Å². The zero-order valence-electron chi connectivity index (χ0n) is 15.7. The molecule has 1 heterocycles. The smallest absolute Gasteiger partial charge is 0.253 e. The number of rotatable bonds is 6. The Morgan fingerprint density at radius 1 is 1.24 bits per heavy atom. The number of nitrogens with one attached hydrogen (secondary N) is 1. The van der Waals surface area contributed by atoms with Crippen LogP contribution < -0.4 is 11.1 Å². The van der Waals surface area contributed by atoms with Crippen molar-refractivity contribution in [1.29, 1.82) is 0 Å². The van der Waals surface area contributed by atoms with Gasteiger partial charge in [-0.15, -0.1) is 0 Å². The maximum absolute atomic E-state index is 12.7. The van der Waals surface area contributed by atoms with E-state index >= 15 is 0 Å². The first-order valence-corrected chi connectivity index (χ1v) is 9.32. The Labute approximate surface area is 151 Å². The van der Waals surface area contributed by atoms with Crippen LogP contribution in [-0.4, -0.2) is 41.9 Å². The lowest BCUT2D eigenvalue weighted by atomic mass is 9.90. The second kappa shape index (κ2) is 8.48. The van der Waals surface area contributed by atoms with Crippen LogP contribution in [0.15, 0.2) is 24.3 Å². The van der Waals surface area contributed by atoms with E-state index in [4.69, 9.17) is 5.73 Å². The molecule has 1 fully saturated rings. The van der Waals surface area contributed by atoms with Crippen LogP contribution >= 0.6 is 0 Å². The number of likely N-dealkylation sites (tertiary alicyclic amines) is 1. The third-order valence-corrected chi connectivity index (χ3v) is 5.51. The van der Waals surface area contributed by atoms with Gasteiger partial charge in [0.25, 0.3) is 5.91 Å². The summed E-state index contributed by atoms with van der Waals surface area (Å²) in [7, 11) is 0. The van der Waals surface area contributed by atoms with Gasteiger partial charge in [-0.05, 0) is 44.7 Å². The van der Waals surface area contributed by atoms with Gasteiger partial charge in [0.1, 0.15) is 0 Å². The van der Waals surface area contributed by atoms with Gasteiger partial charge in [-0.1, -0.05) is 31.5 Å². The highest BCUT2D eigenvalue weighted by Crippen LogP contribution is 2.21. The van der Waals surface area contributed by atoms with Crippen LogP contribution in [0.2, 0.25) is 0 Å². The Morgan fingerprint density at radius 2 is 1.88 bits per heavy atom. The summed E-state index contributed by atoms with van der Waals surface area (Å²) < 4.78 is 0. The average molecular weight is 345 g/mol. The predicted octanol–water partition coefficient (Wildman–Crippen LogP) is 2.48. The third-order valence-electron chi connectivity index (χ3n) is 5.51. The third kappa shape index (κ3) is 4.60. The highest BCUT2D eigenvalue weighted by molar-refractivity contribution is 5.94. The van der Waals surface area contributed by atoms with Gasteiger partial charge in [-0.25, -0.2) is 0 Å². The number of hydrogen-bond donors (Lipinski definition) is 2. The summed E-state index contributed by atoms with van der Waals surface area (Å²) in [5.41, 5.74) is 7.37. The second-order valence-corrected chi connectivity index (χ2v) is 7.14. The van der Waals surface area contributed by atoms with Crippen molar-refractivity contribution >= 4 is 11.8 Å². The lowest BCUT2D eigenvalue weighted by molar-refractivity contribution is -0.128. The molecule has 0 aliphatic carbocycles. The van der Waals surface area contributed by atoms with Crippen LogP contribution in [0.25, 0.3) is 0 Å². The van der Waals surface area contributed by atoms with Crippen molar-refractivity contribution in [2.75, 3.05) is 19.6 Å². The van der Waals surface area contributed by atoms with E-state index in [0.717, 1.165) is 31.2 Å². The quantitative estimate of drug-likeness (QED) is 0.832. The van der Waals surface area contributed by atoms with Crippen molar-refractivity contribution in [3.05, 3.63) is 35.4 Å². The van der Waals surface area contributed by atoms with Crippen LogP contribution in [0.1, 0.15) is 55.5 Å². The molecule has 0 bridgehead atoms. The van der Waals surface area contributed by atoms with E-state index in [1.54, 1.807) is 4.90 Å². The second-order valence-electron chi connectivity index (χ2n) is 7.14. The number of nitrogens with zero attached hydrogens (tertiary/aromatic N) is 1. The zero-order chi connectivity index (χ0) is 18.4. The minimum atomic E-state index is -0.333. The largest absolute Gasteiger partial charge is 0.349 e. The molecule has 1 atom stereocenters. The maximum Gasteiger partial charge on any atom is 0.253 e. The number of amides is 2. The summed E-state index contributed by atoms with van der Waals surface area (Å²) in [4.78, 5) is 27.2. The van der Waals surface area contributed by atoms with E-state index in [0.29, 0.717) is 25.2 Å².